The van der Waals surface area contributed by atoms with Gasteiger partial charge in [-0.05, 0) is 56.0 Å². The quantitative estimate of drug-likeness (QED) is 0.353. The van der Waals surface area contributed by atoms with E-state index in [2.05, 4.69) is 89.2 Å². The van der Waals surface area contributed by atoms with Crippen LogP contribution in [0.25, 0.3) is 0 Å². The van der Waals surface area contributed by atoms with Crippen LogP contribution in [-0.4, -0.2) is 10.2 Å². The average Bonchev–Trinajstić information content (AvgIpc) is 2.51. The van der Waals surface area contributed by atoms with E-state index in [4.69, 9.17) is 0 Å². The number of phenolic OH excluding ortho intramolecular Hbond substituents is 2. The molecule has 0 saturated carbocycles. The van der Waals surface area contributed by atoms with Gasteiger partial charge in [-0.25, -0.2) is 0 Å². The van der Waals surface area contributed by atoms with E-state index < -0.39 is 0 Å². The van der Waals surface area contributed by atoms with E-state index in [-0.39, 0.29) is 60.3 Å². The summed E-state index contributed by atoms with van der Waals surface area (Å²) in [5.41, 5.74) is 4.57. The molecule has 0 aliphatic rings. The zero-order valence-corrected chi connectivity index (χ0v) is 25.5. The standard InChI is InChI=1S/2C14H22O.ClH.Zr/c1-13(2,3)10-7-11(14(4,5)6)9-12(15)8-10;1-13(2,3)10-8-7-9-11(12(10)15)14(4,5)6;;/h2*7-9,15H,1-6H3;1H;. The van der Waals surface area contributed by atoms with Crippen molar-refractivity contribution in [3.63, 3.8) is 0 Å². The Morgan fingerprint density at radius 1 is 0.531 bits per heavy atom. The fraction of sp³-hybridized carbons (Fsp3) is 0.571. The van der Waals surface area contributed by atoms with Gasteiger partial charge in [-0.2, -0.15) is 0 Å². The molecule has 0 spiro atoms. The first-order valence-corrected chi connectivity index (χ1v) is 10.9. The predicted octanol–water partition coefficient (Wildman–Crippen LogP) is 8.39. The molecule has 2 aromatic carbocycles. The van der Waals surface area contributed by atoms with Crippen molar-refractivity contribution in [3.8, 4) is 11.5 Å². The molecule has 180 valence electrons. The summed E-state index contributed by atoms with van der Waals surface area (Å²) in [6, 6.07) is 11.9. The molecular formula is C28H45ClO2Zr. The van der Waals surface area contributed by atoms with E-state index in [9.17, 15) is 10.2 Å². The Morgan fingerprint density at radius 3 is 1.09 bits per heavy atom. The van der Waals surface area contributed by atoms with Gasteiger partial charge in [0.25, 0.3) is 0 Å². The van der Waals surface area contributed by atoms with Crippen molar-refractivity contribution in [1.29, 1.82) is 0 Å². The van der Waals surface area contributed by atoms with Crippen LogP contribution in [0.15, 0.2) is 36.4 Å². The molecule has 0 aliphatic carbocycles. The first kappa shape index (κ1) is 33.4. The molecule has 0 aromatic heterocycles. The summed E-state index contributed by atoms with van der Waals surface area (Å²) in [7, 11) is 0. The number of aromatic hydroxyl groups is 2. The van der Waals surface area contributed by atoms with Gasteiger partial charge < -0.3 is 10.2 Å². The molecule has 0 unspecified atom stereocenters. The maximum Gasteiger partial charge on any atom is 0.123 e. The molecule has 0 fully saturated rings. The Hall–Kier alpha value is -0.787. The Kier molecular flexibility index (Phi) is 12.1. The van der Waals surface area contributed by atoms with Gasteiger partial charge in [-0.15, -0.1) is 12.4 Å². The number of phenols is 2. The van der Waals surface area contributed by atoms with Gasteiger partial charge in [-0.1, -0.05) is 107 Å². The van der Waals surface area contributed by atoms with Crippen LogP contribution in [0.4, 0.5) is 0 Å². The summed E-state index contributed by atoms with van der Waals surface area (Å²) in [5.74, 6) is 0.824. The van der Waals surface area contributed by atoms with Crippen molar-refractivity contribution in [2.75, 3.05) is 0 Å². The van der Waals surface area contributed by atoms with Gasteiger partial charge in [0.05, 0.1) is 0 Å². The molecule has 2 N–H and O–H groups in total. The molecule has 0 radical (unpaired) electrons. The third-order valence-corrected chi connectivity index (χ3v) is 5.30. The number of rotatable bonds is 0. The summed E-state index contributed by atoms with van der Waals surface area (Å²) >= 11 is 0. The summed E-state index contributed by atoms with van der Waals surface area (Å²) < 4.78 is 0. The van der Waals surface area contributed by atoms with E-state index >= 15 is 0 Å². The van der Waals surface area contributed by atoms with Crippen LogP contribution in [0.1, 0.15) is 105 Å². The van der Waals surface area contributed by atoms with Crippen LogP contribution < -0.4 is 0 Å². The first-order chi connectivity index (χ1) is 13.2. The van der Waals surface area contributed by atoms with Crippen molar-refractivity contribution < 1.29 is 36.4 Å². The van der Waals surface area contributed by atoms with Crippen LogP contribution in [0, 0.1) is 0 Å². The number of para-hydroxylation sites is 1. The Morgan fingerprint density at radius 2 is 0.844 bits per heavy atom. The Balaban J connectivity index is 0. The maximum atomic E-state index is 10.3. The first-order valence-electron chi connectivity index (χ1n) is 10.9. The smallest absolute Gasteiger partial charge is 0.123 e. The van der Waals surface area contributed by atoms with Crippen LogP contribution in [0.5, 0.6) is 11.5 Å². The molecule has 2 nitrogen and oxygen atoms in total. The molecule has 2 rings (SSSR count). The molecule has 0 bridgehead atoms. The summed E-state index contributed by atoms with van der Waals surface area (Å²) in [4.78, 5) is 0. The topological polar surface area (TPSA) is 40.5 Å². The zero-order valence-electron chi connectivity index (χ0n) is 22.3. The molecule has 32 heavy (non-hydrogen) atoms. The van der Waals surface area contributed by atoms with Crippen molar-refractivity contribution in [2.45, 2.75) is 105 Å². The predicted molar refractivity (Wildman–Crippen MR) is 138 cm³/mol. The summed E-state index contributed by atoms with van der Waals surface area (Å²) in [6.45, 7) is 25.7. The fourth-order valence-corrected chi connectivity index (χ4v) is 3.23. The second-order valence-electron chi connectivity index (χ2n) is 12.5. The number of benzene rings is 2. The van der Waals surface area contributed by atoms with E-state index in [1.165, 1.54) is 11.1 Å². The number of halogens is 1. The normalized spacial score (nSPS) is 12.1. The summed E-state index contributed by atoms with van der Waals surface area (Å²) in [6.07, 6.45) is 0. The maximum absolute atomic E-state index is 10.3. The SMILES string of the molecule is CC(C)(C)c1cc(O)cc(C(C)(C)C)c1.CC(C)(C)c1cccc(C(C)(C)C)c1O.Cl.[Zr]. The largest absolute Gasteiger partial charge is 0.508 e. The third kappa shape index (κ3) is 9.60. The van der Waals surface area contributed by atoms with E-state index in [0.29, 0.717) is 11.5 Å². The summed E-state index contributed by atoms with van der Waals surface area (Å²) in [5, 5.41) is 20.0. The molecule has 0 atom stereocenters. The van der Waals surface area contributed by atoms with Crippen LogP contribution in [0.2, 0.25) is 0 Å². The average molecular weight is 540 g/mol. The molecule has 4 heteroatoms. The molecule has 0 saturated heterocycles. The van der Waals surface area contributed by atoms with Crippen LogP contribution >= 0.6 is 12.4 Å². The third-order valence-electron chi connectivity index (χ3n) is 5.30. The Bertz CT molecular complexity index is 796. The van der Waals surface area contributed by atoms with Gasteiger partial charge in [0.15, 0.2) is 0 Å². The molecular weight excluding hydrogens is 495 g/mol. The van der Waals surface area contributed by atoms with E-state index in [0.717, 1.165) is 11.1 Å². The van der Waals surface area contributed by atoms with Gasteiger partial charge in [-0.3, -0.25) is 0 Å². The Labute approximate surface area is 222 Å². The van der Waals surface area contributed by atoms with Crippen molar-refractivity contribution in [2.24, 2.45) is 0 Å². The van der Waals surface area contributed by atoms with E-state index in [1.807, 2.05) is 30.3 Å². The van der Waals surface area contributed by atoms with Gasteiger partial charge in [0, 0.05) is 26.2 Å². The van der Waals surface area contributed by atoms with Crippen molar-refractivity contribution in [3.05, 3.63) is 58.7 Å². The minimum Gasteiger partial charge on any atom is -0.508 e. The van der Waals surface area contributed by atoms with Gasteiger partial charge >= 0.3 is 0 Å². The molecule has 0 amide bonds. The second kappa shape index (κ2) is 11.6. The number of hydrogen-bond donors (Lipinski definition) is 2. The van der Waals surface area contributed by atoms with Crippen molar-refractivity contribution in [1.82, 2.24) is 0 Å². The monoisotopic (exact) mass is 538 g/mol. The fourth-order valence-electron chi connectivity index (χ4n) is 3.23. The van der Waals surface area contributed by atoms with Crippen LogP contribution in [0.3, 0.4) is 0 Å². The van der Waals surface area contributed by atoms with Crippen LogP contribution in [-0.2, 0) is 47.9 Å². The van der Waals surface area contributed by atoms with Gasteiger partial charge in [0.2, 0.25) is 0 Å². The zero-order chi connectivity index (χ0) is 23.7. The van der Waals surface area contributed by atoms with Gasteiger partial charge in [0.1, 0.15) is 11.5 Å². The van der Waals surface area contributed by atoms with E-state index in [1.54, 1.807) is 0 Å². The number of hydrogen-bond acceptors (Lipinski definition) is 2. The van der Waals surface area contributed by atoms with Crippen molar-refractivity contribution >= 4 is 12.4 Å². The molecule has 0 heterocycles. The minimum absolute atomic E-state index is 0. The molecule has 0 aliphatic heterocycles. The minimum atomic E-state index is -0.00859. The molecule has 2 aromatic rings. The second-order valence-corrected chi connectivity index (χ2v) is 12.5.